The van der Waals surface area contributed by atoms with Gasteiger partial charge < -0.3 is 9.47 Å². The molecule has 0 aliphatic carbocycles. The molecule has 0 radical (unpaired) electrons. The normalized spacial score (nSPS) is 10.4. The maximum atomic E-state index is 11.1. The Morgan fingerprint density at radius 1 is 1.27 bits per heavy atom. The van der Waals surface area contributed by atoms with Gasteiger partial charge in [-0.2, -0.15) is 0 Å². The number of ether oxygens (including phenoxy) is 2. The number of methoxy groups -OCH3 is 1. The van der Waals surface area contributed by atoms with Crippen LogP contribution in [0.15, 0.2) is 24.3 Å². The quantitative estimate of drug-likeness (QED) is 0.563. The minimum Gasteiger partial charge on any atom is -0.425 e. The van der Waals surface area contributed by atoms with Gasteiger partial charge in [0, 0.05) is 7.11 Å². The smallest absolute Gasteiger partial charge is 0.337 e. The van der Waals surface area contributed by atoms with Gasteiger partial charge in [0.15, 0.2) is 0 Å². The number of esters is 1. The lowest BCUT2D eigenvalue weighted by atomic mass is 10.0. The van der Waals surface area contributed by atoms with Crippen molar-refractivity contribution in [1.29, 1.82) is 0 Å². The molecular weight excluding hydrogens is 192 g/mol. The lowest BCUT2D eigenvalue weighted by molar-refractivity contribution is -0.138. The van der Waals surface area contributed by atoms with Gasteiger partial charge in [-0.1, -0.05) is 26.0 Å². The van der Waals surface area contributed by atoms with Crippen molar-refractivity contribution < 1.29 is 14.3 Å². The van der Waals surface area contributed by atoms with Crippen molar-refractivity contribution in [2.75, 3.05) is 13.7 Å². The van der Waals surface area contributed by atoms with Gasteiger partial charge in [0.1, 0.15) is 12.4 Å². The van der Waals surface area contributed by atoms with E-state index in [0.717, 1.165) is 0 Å². The van der Waals surface area contributed by atoms with Crippen LogP contribution in [0, 0.1) is 0 Å². The van der Waals surface area contributed by atoms with Gasteiger partial charge in [-0.3, -0.25) is 0 Å². The van der Waals surface area contributed by atoms with E-state index in [2.05, 4.69) is 18.6 Å². The molecule has 82 valence electrons. The highest BCUT2D eigenvalue weighted by Crippen LogP contribution is 2.18. The number of benzene rings is 1. The summed E-state index contributed by atoms with van der Waals surface area (Å²) in [6.45, 7) is 4.21. The SMILES string of the molecule is COCC(=O)Oc1ccc(C(C)C)cc1. The minimum absolute atomic E-state index is 0.0219. The van der Waals surface area contributed by atoms with Gasteiger partial charge in [-0.05, 0) is 23.6 Å². The van der Waals surface area contributed by atoms with E-state index in [0.29, 0.717) is 11.7 Å². The van der Waals surface area contributed by atoms with Crippen LogP contribution in [0.5, 0.6) is 5.75 Å². The maximum Gasteiger partial charge on any atom is 0.337 e. The van der Waals surface area contributed by atoms with E-state index >= 15 is 0 Å². The molecule has 0 heterocycles. The molecule has 0 aliphatic rings. The van der Waals surface area contributed by atoms with Gasteiger partial charge in [0.25, 0.3) is 0 Å². The van der Waals surface area contributed by atoms with Crippen molar-refractivity contribution in [1.82, 2.24) is 0 Å². The summed E-state index contributed by atoms with van der Waals surface area (Å²) in [7, 11) is 1.46. The summed E-state index contributed by atoms with van der Waals surface area (Å²) >= 11 is 0. The van der Waals surface area contributed by atoms with Crippen LogP contribution in [-0.2, 0) is 9.53 Å². The van der Waals surface area contributed by atoms with E-state index in [1.165, 1.54) is 12.7 Å². The molecular formula is C12H16O3. The minimum atomic E-state index is -0.380. The summed E-state index contributed by atoms with van der Waals surface area (Å²) < 4.78 is 9.69. The number of carbonyl (C=O) groups excluding carboxylic acids is 1. The second-order valence-electron chi connectivity index (χ2n) is 3.63. The number of rotatable bonds is 4. The van der Waals surface area contributed by atoms with E-state index in [4.69, 9.17) is 4.74 Å². The topological polar surface area (TPSA) is 35.5 Å². The zero-order chi connectivity index (χ0) is 11.3. The molecule has 15 heavy (non-hydrogen) atoms. The average Bonchev–Trinajstić information content (AvgIpc) is 2.18. The van der Waals surface area contributed by atoms with Crippen molar-refractivity contribution in [3.05, 3.63) is 29.8 Å². The van der Waals surface area contributed by atoms with Gasteiger partial charge in [0.2, 0.25) is 0 Å². The first-order valence-electron chi connectivity index (χ1n) is 4.93. The van der Waals surface area contributed by atoms with Crippen LogP contribution < -0.4 is 4.74 Å². The standard InChI is InChI=1S/C12H16O3/c1-9(2)10-4-6-11(7-5-10)15-12(13)8-14-3/h4-7,9H,8H2,1-3H3. The van der Waals surface area contributed by atoms with E-state index in [-0.39, 0.29) is 12.6 Å². The lowest BCUT2D eigenvalue weighted by Gasteiger charge is -2.07. The number of hydrogen-bond acceptors (Lipinski definition) is 3. The molecule has 1 aromatic carbocycles. The first kappa shape index (κ1) is 11.7. The van der Waals surface area contributed by atoms with Gasteiger partial charge in [-0.25, -0.2) is 4.79 Å². The number of hydrogen-bond donors (Lipinski definition) is 0. The second kappa shape index (κ2) is 5.51. The fraction of sp³-hybridized carbons (Fsp3) is 0.417. The van der Waals surface area contributed by atoms with Crippen LogP contribution in [0.2, 0.25) is 0 Å². The molecule has 1 rings (SSSR count). The highest BCUT2D eigenvalue weighted by atomic mass is 16.6. The predicted molar refractivity (Wildman–Crippen MR) is 58.0 cm³/mol. The molecule has 0 aliphatic heterocycles. The molecule has 0 N–H and O–H groups in total. The summed E-state index contributed by atoms with van der Waals surface area (Å²) in [6, 6.07) is 7.51. The maximum absolute atomic E-state index is 11.1. The summed E-state index contributed by atoms with van der Waals surface area (Å²) in [5, 5.41) is 0. The van der Waals surface area contributed by atoms with E-state index in [9.17, 15) is 4.79 Å². The summed E-state index contributed by atoms with van der Waals surface area (Å²) in [5.41, 5.74) is 1.22. The average molecular weight is 208 g/mol. The summed E-state index contributed by atoms with van der Waals surface area (Å²) in [5.74, 6) is 0.657. The van der Waals surface area contributed by atoms with Crippen LogP contribution in [0.3, 0.4) is 0 Å². The lowest BCUT2D eigenvalue weighted by Crippen LogP contribution is -2.14. The third kappa shape index (κ3) is 3.72. The van der Waals surface area contributed by atoms with E-state index in [1.807, 2.05) is 12.1 Å². The molecule has 0 saturated carbocycles. The zero-order valence-corrected chi connectivity index (χ0v) is 9.32. The predicted octanol–water partition coefficient (Wildman–Crippen LogP) is 2.36. The third-order valence-corrected chi connectivity index (χ3v) is 2.04. The van der Waals surface area contributed by atoms with Crippen LogP contribution >= 0.6 is 0 Å². The van der Waals surface area contributed by atoms with Gasteiger partial charge >= 0.3 is 5.97 Å². The number of carbonyl (C=O) groups is 1. The van der Waals surface area contributed by atoms with Gasteiger partial charge in [-0.15, -0.1) is 0 Å². The molecule has 1 aromatic rings. The molecule has 3 nitrogen and oxygen atoms in total. The Bertz CT molecular complexity index is 314. The molecule has 0 bridgehead atoms. The molecule has 0 fully saturated rings. The molecule has 0 aromatic heterocycles. The first-order valence-corrected chi connectivity index (χ1v) is 4.93. The van der Waals surface area contributed by atoms with E-state index in [1.54, 1.807) is 12.1 Å². The molecule has 0 saturated heterocycles. The van der Waals surface area contributed by atoms with Crippen molar-refractivity contribution >= 4 is 5.97 Å². The molecule has 0 spiro atoms. The summed E-state index contributed by atoms with van der Waals surface area (Å²) in [4.78, 5) is 11.1. The molecule has 3 heteroatoms. The van der Waals surface area contributed by atoms with Crippen LogP contribution in [0.1, 0.15) is 25.3 Å². The monoisotopic (exact) mass is 208 g/mol. The van der Waals surface area contributed by atoms with Crippen LogP contribution in [-0.4, -0.2) is 19.7 Å². The fourth-order valence-corrected chi connectivity index (χ4v) is 1.20. The Hall–Kier alpha value is -1.35. The Morgan fingerprint density at radius 2 is 1.87 bits per heavy atom. The zero-order valence-electron chi connectivity index (χ0n) is 9.32. The Morgan fingerprint density at radius 3 is 2.33 bits per heavy atom. The Balaban J connectivity index is 2.60. The van der Waals surface area contributed by atoms with Crippen molar-refractivity contribution in [3.8, 4) is 5.75 Å². The highest BCUT2D eigenvalue weighted by molar-refractivity contribution is 5.73. The Labute approximate surface area is 90.0 Å². The van der Waals surface area contributed by atoms with Crippen LogP contribution in [0.4, 0.5) is 0 Å². The second-order valence-corrected chi connectivity index (χ2v) is 3.63. The third-order valence-electron chi connectivity index (χ3n) is 2.04. The van der Waals surface area contributed by atoms with Crippen molar-refractivity contribution in [2.24, 2.45) is 0 Å². The Kier molecular flexibility index (Phi) is 4.31. The van der Waals surface area contributed by atoms with E-state index < -0.39 is 0 Å². The molecule has 0 atom stereocenters. The first-order chi connectivity index (χ1) is 7.13. The summed E-state index contributed by atoms with van der Waals surface area (Å²) in [6.07, 6.45) is 0. The van der Waals surface area contributed by atoms with Crippen LogP contribution in [0.25, 0.3) is 0 Å². The molecule has 0 amide bonds. The fourth-order valence-electron chi connectivity index (χ4n) is 1.20. The van der Waals surface area contributed by atoms with Crippen molar-refractivity contribution in [3.63, 3.8) is 0 Å². The van der Waals surface area contributed by atoms with Crippen molar-refractivity contribution in [2.45, 2.75) is 19.8 Å². The molecule has 0 unspecified atom stereocenters. The highest BCUT2D eigenvalue weighted by Gasteiger charge is 2.04. The largest absolute Gasteiger partial charge is 0.425 e. The van der Waals surface area contributed by atoms with Gasteiger partial charge in [0.05, 0.1) is 0 Å².